The van der Waals surface area contributed by atoms with E-state index in [1.54, 1.807) is 7.11 Å². The Morgan fingerprint density at radius 2 is 2.33 bits per heavy atom. The van der Waals surface area contributed by atoms with Crippen LogP contribution >= 0.6 is 0 Å². The second kappa shape index (κ2) is 8.14. The smallest absolute Gasteiger partial charge is 0.281 e. The van der Waals surface area contributed by atoms with E-state index in [-0.39, 0.29) is 11.8 Å². The minimum absolute atomic E-state index is 0.0318. The number of carbonyl (C=O) groups excluding carboxylic acids is 2. The second-order valence-electron chi connectivity index (χ2n) is 5.68. The first-order valence-electron chi connectivity index (χ1n) is 7.79. The summed E-state index contributed by atoms with van der Waals surface area (Å²) in [4.78, 5) is 26.9. The Labute approximate surface area is 126 Å². The van der Waals surface area contributed by atoms with Crippen molar-refractivity contribution >= 4 is 11.8 Å². The number of quaternary nitrogens is 1. The molecule has 6 nitrogen and oxygen atoms in total. The minimum Gasteiger partial charge on any atom is -0.383 e. The molecule has 1 unspecified atom stereocenters. The fraction of sp³-hybridized carbons (Fsp3) is 0.733. The number of ether oxygens (including phenoxy) is 1. The monoisotopic (exact) mass is 296 g/mol. The molecule has 1 fully saturated rings. The van der Waals surface area contributed by atoms with Crippen LogP contribution in [0.15, 0.2) is 11.8 Å². The summed E-state index contributed by atoms with van der Waals surface area (Å²) in [5.74, 6) is 0.134. The van der Waals surface area contributed by atoms with E-state index in [1.165, 1.54) is 6.42 Å². The summed E-state index contributed by atoms with van der Waals surface area (Å²) in [6.45, 7) is 3.38. The molecule has 0 bridgehead atoms. The van der Waals surface area contributed by atoms with E-state index in [2.05, 4.69) is 11.4 Å². The highest BCUT2D eigenvalue weighted by Crippen LogP contribution is 2.20. The molecule has 1 heterocycles. The molecule has 1 atom stereocenters. The van der Waals surface area contributed by atoms with Crippen LogP contribution in [0.3, 0.4) is 0 Å². The van der Waals surface area contributed by atoms with Crippen molar-refractivity contribution < 1.29 is 19.2 Å². The number of nitrogens with one attached hydrogen (secondary N) is 2. The number of allylic oxidation sites excluding steroid dienone is 2. The van der Waals surface area contributed by atoms with Gasteiger partial charge in [0, 0.05) is 19.4 Å². The number of piperazine rings is 1. The van der Waals surface area contributed by atoms with Crippen LogP contribution in [0, 0.1) is 0 Å². The Balaban J connectivity index is 1.96. The number of hydrogen-bond acceptors (Lipinski definition) is 3. The number of amides is 2. The molecule has 118 valence electrons. The van der Waals surface area contributed by atoms with Crippen molar-refractivity contribution in [2.24, 2.45) is 0 Å². The first-order valence-corrected chi connectivity index (χ1v) is 7.79. The molecule has 1 saturated heterocycles. The second-order valence-corrected chi connectivity index (χ2v) is 5.68. The van der Waals surface area contributed by atoms with Gasteiger partial charge >= 0.3 is 0 Å². The Kier molecular flexibility index (Phi) is 6.20. The Hall–Kier alpha value is -1.40. The molecule has 1 aliphatic carbocycles. The largest absolute Gasteiger partial charge is 0.383 e. The number of nitrogens with zero attached hydrogens (tertiary/aromatic N) is 1. The van der Waals surface area contributed by atoms with E-state index in [1.807, 2.05) is 4.90 Å². The summed E-state index contributed by atoms with van der Waals surface area (Å²) in [5, 5.41) is 2.80. The lowest BCUT2D eigenvalue weighted by Crippen LogP contribution is -3.16. The average Bonchev–Trinajstić information content (AvgIpc) is 2.49. The molecule has 0 aromatic carbocycles. The molecule has 21 heavy (non-hydrogen) atoms. The first kappa shape index (κ1) is 16.0. The van der Waals surface area contributed by atoms with Crippen molar-refractivity contribution in [1.82, 2.24) is 10.2 Å². The van der Waals surface area contributed by atoms with E-state index in [0.29, 0.717) is 32.8 Å². The van der Waals surface area contributed by atoms with Crippen LogP contribution in [0.2, 0.25) is 0 Å². The maximum Gasteiger partial charge on any atom is 0.281 e. The topological polar surface area (TPSA) is 63.1 Å². The zero-order valence-electron chi connectivity index (χ0n) is 12.8. The van der Waals surface area contributed by atoms with Crippen LogP contribution in [-0.4, -0.2) is 63.2 Å². The molecular weight excluding hydrogens is 270 g/mol. The van der Waals surface area contributed by atoms with Gasteiger partial charge in [0.2, 0.25) is 0 Å². The van der Waals surface area contributed by atoms with Gasteiger partial charge in [-0.2, -0.15) is 0 Å². The standard InChI is InChI=1S/C15H25N3O3/c1-21-10-9-18(13-5-3-2-4-6-13)15(20)12-17-8-7-16-14(19)11-17/h5H,2-4,6-12H2,1H3,(H,16,19)/p+1. The quantitative estimate of drug-likeness (QED) is 0.656. The Bertz CT molecular complexity index is 409. The molecule has 6 heteroatoms. The third kappa shape index (κ3) is 4.82. The normalized spacial score (nSPS) is 22.4. The maximum atomic E-state index is 12.6. The van der Waals surface area contributed by atoms with E-state index in [9.17, 15) is 9.59 Å². The minimum atomic E-state index is 0.0318. The van der Waals surface area contributed by atoms with Gasteiger partial charge in [-0.1, -0.05) is 6.08 Å². The molecule has 0 saturated carbocycles. The molecule has 0 radical (unpaired) electrons. The van der Waals surface area contributed by atoms with Crippen LogP contribution < -0.4 is 10.2 Å². The van der Waals surface area contributed by atoms with Gasteiger partial charge in [-0.15, -0.1) is 0 Å². The summed E-state index contributed by atoms with van der Waals surface area (Å²) in [6, 6.07) is 0. The van der Waals surface area contributed by atoms with Gasteiger partial charge in [0.25, 0.3) is 11.8 Å². The summed E-state index contributed by atoms with van der Waals surface area (Å²) in [7, 11) is 1.65. The van der Waals surface area contributed by atoms with Gasteiger partial charge in [-0.05, 0) is 25.7 Å². The number of methoxy groups -OCH3 is 1. The Morgan fingerprint density at radius 1 is 1.48 bits per heavy atom. The highest BCUT2D eigenvalue weighted by atomic mass is 16.5. The van der Waals surface area contributed by atoms with Crippen molar-refractivity contribution in [3.8, 4) is 0 Å². The predicted molar refractivity (Wildman–Crippen MR) is 78.7 cm³/mol. The number of carbonyl (C=O) groups is 2. The lowest BCUT2D eigenvalue weighted by molar-refractivity contribution is -0.885. The average molecular weight is 296 g/mol. The summed E-state index contributed by atoms with van der Waals surface area (Å²) >= 11 is 0. The molecule has 0 aromatic rings. The molecule has 0 spiro atoms. The fourth-order valence-corrected chi connectivity index (χ4v) is 2.89. The van der Waals surface area contributed by atoms with Crippen LogP contribution in [0.1, 0.15) is 25.7 Å². The molecule has 2 aliphatic rings. The van der Waals surface area contributed by atoms with E-state index >= 15 is 0 Å². The highest BCUT2D eigenvalue weighted by molar-refractivity contribution is 5.80. The van der Waals surface area contributed by atoms with Crippen LogP contribution in [0.4, 0.5) is 0 Å². The highest BCUT2D eigenvalue weighted by Gasteiger charge is 2.26. The van der Waals surface area contributed by atoms with Gasteiger partial charge in [-0.3, -0.25) is 9.59 Å². The van der Waals surface area contributed by atoms with Gasteiger partial charge < -0.3 is 19.9 Å². The number of rotatable bonds is 6. The lowest BCUT2D eigenvalue weighted by Gasteiger charge is -2.30. The van der Waals surface area contributed by atoms with E-state index in [4.69, 9.17) is 4.74 Å². The summed E-state index contributed by atoms with van der Waals surface area (Å²) < 4.78 is 5.13. The zero-order chi connectivity index (χ0) is 15.1. The van der Waals surface area contributed by atoms with Crippen molar-refractivity contribution in [3.05, 3.63) is 11.8 Å². The predicted octanol–water partition coefficient (Wildman–Crippen LogP) is -1.07. The van der Waals surface area contributed by atoms with Crippen molar-refractivity contribution in [3.63, 3.8) is 0 Å². The van der Waals surface area contributed by atoms with Gasteiger partial charge in [-0.25, -0.2) is 0 Å². The number of hydrogen-bond donors (Lipinski definition) is 2. The van der Waals surface area contributed by atoms with Crippen LogP contribution in [0.5, 0.6) is 0 Å². The molecule has 0 aromatic heterocycles. The molecule has 1 aliphatic heterocycles. The molecule has 2 N–H and O–H groups in total. The lowest BCUT2D eigenvalue weighted by atomic mass is 10.0. The third-order valence-electron chi connectivity index (χ3n) is 4.05. The Morgan fingerprint density at radius 3 is 3.00 bits per heavy atom. The maximum absolute atomic E-state index is 12.6. The third-order valence-corrected chi connectivity index (χ3v) is 4.05. The van der Waals surface area contributed by atoms with Crippen LogP contribution in [-0.2, 0) is 14.3 Å². The van der Waals surface area contributed by atoms with Gasteiger partial charge in [0.05, 0.1) is 19.7 Å². The van der Waals surface area contributed by atoms with Gasteiger partial charge in [0.15, 0.2) is 13.1 Å². The van der Waals surface area contributed by atoms with E-state index < -0.39 is 0 Å². The fourth-order valence-electron chi connectivity index (χ4n) is 2.89. The van der Waals surface area contributed by atoms with Crippen molar-refractivity contribution in [2.75, 3.05) is 46.4 Å². The molecular formula is C15H26N3O3+. The summed E-state index contributed by atoms with van der Waals surface area (Å²) in [6.07, 6.45) is 6.53. The van der Waals surface area contributed by atoms with Crippen molar-refractivity contribution in [2.45, 2.75) is 25.7 Å². The SMILES string of the molecule is COCCN(C(=O)C[NH+]1CCNC(=O)C1)C1=CCCCC1. The first-order chi connectivity index (χ1) is 10.2. The van der Waals surface area contributed by atoms with Crippen LogP contribution in [0.25, 0.3) is 0 Å². The summed E-state index contributed by atoms with van der Waals surface area (Å²) in [5.41, 5.74) is 1.13. The van der Waals surface area contributed by atoms with E-state index in [0.717, 1.165) is 36.4 Å². The molecule has 2 amide bonds. The van der Waals surface area contributed by atoms with Crippen molar-refractivity contribution in [1.29, 1.82) is 0 Å². The van der Waals surface area contributed by atoms with Gasteiger partial charge in [0.1, 0.15) is 0 Å². The zero-order valence-corrected chi connectivity index (χ0v) is 12.8. The molecule has 2 rings (SSSR count).